The first-order valence-electron chi connectivity index (χ1n) is 5.95. The van der Waals surface area contributed by atoms with Crippen molar-refractivity contribution in [2.45, 2.75) is 13.3 Å². The Morgan fingerprint density at radius 1 is 1.33 bits per heavy atom. The molecule has 0 bridgehead atoms. The number of carbonyl (C=O) groups excluding carboxylic acids is 1. The highest BCUT2D eigenvalue weighted by Crippen LogP contribution is 2.37. The van der Waals surface area contributed by atoms with Gasteiger partial charge in [0.15, 0.2) is 0 Å². The molecule has 5 heteroatoms. The third-order valence-corrected chi connectivity index (χ3v) is 3.12. The number of halogens is 1. The fourth-order valence-electron chi connectivity index (χ4n) is 2.46. The summed E-state index contributed by atoms with van der Waals surface area (Å²) >= 11 is 0. The third-order valence-electron chi connectivity index (χ3n) is 3.12. The molecule has 96 valence electrons. The second-order valence-electron chi connectivity index (χ2n) is 4.46. The van der Waals surface area contributed by atoms with Crippen molar-refractivity contribution in [3.63, 3.8) is 0 Å². The standard InChI is InChI=1S/C13H15N3O.BrH/c1-10(17)9-16-12-6-3-2-5-11(12)15-8-4-7-14-13(15)16;/h2-3,5-6H,4,7-9H2,1H3;1H. The zero-order valence-corrected chi connectivity index (χ0v) is 12.0. The van der Waals surface area contributed by atoms with Gasteiger partial charge in [0, 0.05) is 13.1 Å². The average Bonchev–Trinajstić information content (AvgIpc) is 2.65. The van der Waals surface area contributed by atoms with Crippen LogP contribution in [0.15, 0.2) is 29.3 Å². The van der Waals surface area contributed by atoms with E-state index in [-0.39, 0.29) is 22.8 Å². The highest BCUT2D eigenvalue weighted by atomic mass is 79.9. The Balaban J connectivity index is 0.00000120. The molecule has 0 fully saturated rings. The minimum Gasteiger partial charge on any atom is -0.310 e. The van der Waals surface area contributed by atoms with Crippen LogP contribution in [-0.4, -0.2) is 31.4 Å². The molecule has 2 aliphatic rings. The topological polar surface area (TPSA) is 35.9 Å². The van der Waals surface area contributed by atoms with E-state index in [1.54, 1.807) is 6.92 Å². The van der Waals surface area contributed by atoms with Crippen LogP contribution in [0.5, 0.6) is 0 Å². The number of hydrogen-bond donors (Lipinski definition) is 0. The molecule has 2 aliphatic heterocycles. The van der Waals surface area contributed by atoms with Crippen molar-refractivity contribution in [2.75, 3.05) is 29.4 Å². The van der Waals surface area contributed by atoms with E-state index in [9.17, 15) is 4.79 Å². The van der Waals surface area contributed by atoms with Crippen molar-refractivity contribution in [3.05, 3.63) is 24.3 Å². The van der Waals surface area contributed by atoms with Crippen molar-refractivity contribution in [3.8, 4) is 0 Å². The van der Waals surface area contributed by atoms with E-state index in [0.29, 0.717) is 6.54 Å². The molecule has 2 heterocycles. The van der Waals surface area contributed by atoms with E-state index in [2.05, 4.69) is 22.0 Å². The smallest absolute Gasteiger partial charge is 0.206 e. The summed E-state index contributed by atoms with van der Waals surface area (Å²) in [6, 6.07) is 8.18. The first-order chi connectivity index (χ1) is 8.27. The van der Waals surface area contributed by atoms with Crippen LogP contribution in [0, 0.1) is 0 Å². The third kappa shape index (κ3) is 2.03. The quantitative estimate of drug-likeness (QED) is 0.840. The Labute approximate surface area is 117 Å². The van der Waals surface area contributed by atoms with Gasteiger partial charge in [0.1, 0.15) is 5.78 Å². The van der Waals surface area contributed by atoms with E-state index in [1.807, 2.05) is 17.0 Å². The zero-order valence-electron chi connectivity index (χ0n) is 10.3. The molecule has 0 aliphatic carbocycles. The first-order valence-corrected chi connectivity index (χ1v) is 5.95. The maximum absolute atomic E-state index is 11.4. The van der Waals surface area contributed by atoms with Crippen LogP contribution in [0.25, 0.3) is 0 Å². The van der Waals surface area contributed by atoms with Crippen LogP contribution in [-0.2, 0) is 4.79 Å². The van der Waals surface area contributed by atoms with Crippen molar-refractivity contribution < 1.29 is 4.79 Å². The van der Waals surface area contributed by atoms with E-state index >= 15 is 0 Å². The van der Waals surface area contributed by atoms with Gasteiger partial charge in [-0.3, -0.25) is 9.79 Å². The number of hydrogen-bond acceptors (Lipinski definition) is 4. The maximum Gasteiger partial charge on any atom is 0.206 e. The summed E-state index contributed by atoms with van der Waals surface area (Å²) in [4.78, 5) is 20.2. The van der Waals surface area contributed by atoms with Gasteiger partial charge in [-0.05, 0) is 25.5 Å². The molecule has 0 saturated carbocycles. The number of rotatable bonds is 2. The maximum atomic E-state index is 11.4. The molecule has 0 atom stereocenters. The number of fused-ring (bicyclic) bond motifs is 3. The monoisotopic (exact) mass is 309 g/mol. The SMILES string of the molecule is Br.CC(=O)CN1C2=NCCCN2c2ccccc21. The average molecular weight is 310 g/mol. The summed E-state index contributed by atoms with van der Waals surface area (Å²) < 4.78 is 0. The van der Waals surface area contributed by atoms with Crippen LogP contribution in [0.3, 0.4) is 0 Å². The number of ketones is 1. The van der Waals surface area contributed by atoms with Gasteiger partial charge in [-0.2, -0.15) is 0 Å². The molecule has 0 amide bonds. The number of para-hydroxylation sites is 2. The van der Waals surface area contributed by atoms with E-state index in [4.69, 9.17) is 0 Å². The number of Topliss-reactive ketones (excluding diaryl/α,β-unsaturated/α-hetero) is 1. The number of carbonyl (C=O) groups is 1. The fraction of sp³-hybridized carbons (Fsp3) is 0.385. The van der Waals surface area contributed by atoms with Gasteiger partial charge >= 0.3 is 0 Å². The summed E-state index contributed by atoms with van der Waals surface area (Å²) in [5, 5.41) is 0. The van der Waals surface area contributed by atoms with Crippen molar-refractivity contribution in [1.29, 1.82) is 0 Å². The number of aliphatic imine (C=N–C) groups is 1. The van der Waals surface area contributed by atoms with Crippen LogP contribution in [0.2, 0.25) is 0 Å². The molecule has 1 aromatic rings. The number of anilines is 2. The molecule has 0 aromatic heterocycles. The lowest BCUT2D eigenvalue weighted by Crippen LogP contribution is -2.43. The zero-order chi connectivity index (χ0) is 11.8. The predicted octanol–water partition coefficient (Wildman–Crippen LogP) is 2.24. The molecule has 0 unspecified atom stereocenters. The second kappa shape index (κ2) is 5.10. The predicted molar refractivity (Wildman–Crippen MR) is 79.1 cm³/mol. The fourth-order valence-corrected chi connectivity index (χ4v) is 2.46. The van der Waals surface area contributed by atoms with Gasteiger partial charge in [-0.15, -0.1) is 17.0 Å². The minimum absolute atomic E-state index is 0. The van der Waals surface area contributed by atoms with Gasteiger partial charge in [0.05, 0.1) is 17.9 Å². The van der Waals surface area contributed by atoms with Gasteiger partial charge < -0.3 is 9.80 Å². The van der Waals surface area contributed by atoms with Crippen molar-refractivity contribution in [2.24, 2.45) is 4.99 Å². The summed E-state index contributed by atoms with van der Waals surface area (Å²) in [5.74, 6) is 1.10. The van der Waals surface area contributed by atoms with E-state index in [1.165, 1.54) is 5.69 Å². The molecule has 0 N–H and O–H groups in total. The summed E-state index contributed by atoms with van der Waals surface area (Å²) in [7, 11) is 0. The van der Waals surface area contributed by atoms with Crippen LogP contribution in [0.4, 0.5) is 11.4 Å². The Hall–Kier alpha value is -1.36. The highest BCUT2D eigenvalue weighted by Gasteiger charge is 2.33. The van der Waals surface area contributed by atoms with E-state index in [0.717, 1.165) is 31.2 Å². The second-order valence-corrected chi connectivity index (χ2v) is 4.46. The first kappa shape index (κ1) is 13.1. The molecular formula is C13H16BrN3O. The molecule has 0 saturated heterocycles. The Morgan fingerprint density at radius 2 is 2.06 bits per heavy atom. The highest BCUT2D eigenvalue weighted by molar-refractivity contribution is 8.93. The number of guanidine groups is 1. The van der Waals surface area contributed by atoms with E-state index < -0.39 is 0 Å². The van der Waals surface area contributed by atoms with Gasteiger partial charge in [0.2, 0.25) is 5.96 Å². The lowest BCUT2D eigenvalue weighted by Gasteiger charge is -2.26. The summed E-state index contributed by atoms with van der Waals surface area (Å²) in [6.07, 6.45) is 1.08. The van der Waals surface area contributed by atoms with Crippen LogP contribution >= 0.6 is 17.0 Å². The molecule has 1 aromatic carbocycles. The van der Waals surface area contributed by atoms with Crippen LogP contribution in [0.1, 0.15) is 13.3 Å². The number of nitrogens with zero attached hydrogens (tertiary/aromatic N) is 3. The normalized spacial score (nSPS) is 16.6. The summed E-state index contributed by atoms with van der Waals surface area (Å²) in [5.41, 5.74) is 2.27. The van der Waals surface area contributed by atoms with Crippen molar-refractivity contribution in [1.82, 2.24) is 0 Å². The van der Waals surface area contributed by atoms with Gasteiger partial charge in [-0.25, -0.2) is 0 Å². The van der Waals surface area contributed by atoms with Crippen molar-refractivity contribution >= 4 is 40.1 Å². The Bertz CT molecular complexity index is 501. The van der Waals surface area contributed by atoms with Crippen LogP contribution < -0.4 is 9.80 Å². The lowest BCUT2D eigenvalue weighted by atomic mass is 10.2. The Kier molecular flexibility index (Phi) is 3.71. The van der Waals surface area contributed by atoms with Gasteiger partial charge in [-0.1, -0.05) is 12.1 Å². The number of benzene rings is 1. The molecule has 4 nitrogen and oxygen atoms in total. The Morgan fingerprint density at radius 3 is 2.78 bits per heavy atom. The minimum atomic E-state index is 0. The molecule has 18 heavy (non-hydrogen) atoms. The largest absolute Gasteiger partial charge is 0.310 e. The lowest BCUT2D eigenvalue weighted by molar-refractivity contribution is -0.115. The molecule has 0 radical (unpaired) electrons. The summed E-state index contributed by atoms with van der Waals surface area (Å²) in [6.45, 7) is 3.87. The molecular weight excluding hydrogens is 294 g/mol. The molecule has 3 rings (SSSR count). The molecule has 0 spiro atoms. The van der Waals surface area contributed by atoms with Gasteiger partial charge in [0.25, 0.3) is 0 Å².